The molecule has 0 aliphatic heterocycles. The minimum absolute atomic E-state index is 0.0319. The molecule has 51 heavy (non-hydrogen) atoms. The third-order valence-corrected chi connectivity index (χ3v) is 8.15. The number of carbonyl (C=O) groups excluding carboxylic acids is 2. The van der Waals surface area contributed by atoms with Gasteiger partial charge < -0.3 is 24.6 Å². The zero-order valence-electron chi connectivity index (χ0n) is 27.8. The summed E-state index contributed by atoms with van der Waals surface area (Å²) in [5.41, 5.74) is 6.59. The molecule has 2 amide bonds. The molecule has 0 saturated carbocycles. The quantitative estimate of drug-likeness (QED) is 0.136. The van der Waals surface area contributed by atoms with Gasteiger partial charge in [-0.1, -0.05) is 71.4 Å². The fourth-order valence-corrected chi connectivity index (χ4v) is 5.49. The Bertz CT molecular complexity index is 2160. The summed E-state index contributed by atoms with van der Waals surface area (Å²) in [6, 6.07) is 33.3. The molecule has 6 aromatic rings. The normalized spacial score (nSPS) is 10.8. The largest absolute Gasteiger partial charge is 0.496 e. The van der Waals surface area contributed by atoms with E-state index >= 15 is 0 Å². The minimum atomic E-state index is -1.16. The van der Waals surface area contributed by atoms with Crippen LogP contribution in [0.2, 0.25) is 0 Å². The van der Waals surface area contributed by atoms with Gasteiger partial charge in [-0.15, -0.1) is 0 Å². The number of halogens is 1. The Morgan fingerprint density at radius 1 is 0.824 bits per heavy atom. The van der Waals surface area contributed by atoms with Crippen LogP contribution in [0, 0.1) is 12.7 Å². The fraction of sp³-hybridized carbons (Fsp3) is 0.125. The Morgan fingerprint density at radius 2 is 1.45 bits per heavy atom. The van der Waals surface area contributed by atoms with Gasteiger partial charge in [0.1, 0.15) is 18.1 Å². The highest BCUT2D eigenvalue weighted by atomic mass is 19.1. The highest BCUT2D eigenvalue weighted by Gasteiger charge is 2.20. The lowest BCUT2D eigenvalue weighted by molar-refractivity contribution is -0.137. The monoisotopic (exact) mass is 684 g/mol. The SMILES string of the molecule is COc1ccc(F)cc1CC(=O)Nc1ccc(C(=O)N(CC(=O)O)Cc2ccc(-c3noc(-c4ccc(-c5ccc(C)cc5)cc4)n3)cc2)cc1. The molecule has 5 aromatic carbocycles. The molecule has 6 rings (SSSR count). The lowest BCUT2D eigenvalue weighted by Crippen LogP contribution is -2.35. The summed E-state index contributed by atoms with van der Waals surface area (Å²) < 4.78 is 24.4. The van der Waals surface area contributed by atoms with E-state index in [1.165, 1.54) is 47.9 Å². The molecule has 11 heteroatoms. The molecule has 0 unspecified atom stereocenters. The predicted octanol–water partition coefficient (Wildman–Crippen LogP) is 7.43. The molecule has 0 spiro atoms. The van der Waals surface area contributed by atoms with Gasteiger partial charge >= 0.3 is 5.97 Å². The molecule has 1 aromatic heterocycles. The highest BCUT2D eigenvalue weighted by Crippen LogP contribution is 2.27. The first-order chi connectivity index (χ1) is 24.6. The lowest BCUT2D eigenvalue weighted by Gasteiger charge is -2.21. The Kier molecular flexibility index (Phi) is 10.3. The summed E-state index contributed by atoms with van der Waals surface area (Å²) in [5, 5.41) is 16.4. The number of carbonyl (C=O) groups is 3. The maximum atomic E-state index is 13.7. The average Bonchev–Trinajstić information content (AvgIpc) is 3.63. The van der Waals surface area contributed by atoms with Crippen molar-refractivity contribution in [2.45, 2.75) is 19.9 Å². The minimum Gasteiger partial charge on any atom is -0.496 e. The number of rotatable bonds is 12. The summed E-state index contributed by atoms with van der Waals surface area (Å²) in [7, 11) is 1.44. The average molecular weight is 685 g/mol. The first kappa shape index (κ1) is 34.3. The van der Waals surface area contributed by atoms with Crippen LogP contribution in [-0.4, -0.2) is 51.6 Å². The number of carboxylic acids is 1. The van der Waals surface area contributed by atoms with Crippen molar-refractivity contribution < 1.29 is 33.1 Å². The first-order valence-corrected chi connectivity index (χ1v) is 16.0. The van der Waals surface area contributed by atoms with Gasteiger partial charge in [0.15, 0.2) is 0 Å². The first-order valence-electron chi connectivity index (χ1n) is 16.0. The van der Waals surface area contributed by atoms with Crippen molar-refractivity contribution in [3.63, 3.8) is 0 Å². The number of aromatic nitrogens is 2. The van der Waals surface area contributed by atoms with Gasteiger partial charge in [-0.2, -0.15) is 4.98 Å². The van der Waals surface area contributed by atoms with Crippen LogP contribution in [0.3, 0.4) is 0 Å². The number of hydrogen-bond donors (Lipinski definition) is 2. The van der Waals surface area contributed by atoms with Crippen LogP contribution >= 0.6 is 0 Å². The van der Waals surface area contributed by atoms with E-state index in [9.17, 15) is 23.9 Å². The molecule has 10 nitrogen and oxygen atoms in total. The van der Waals surface area contributed by atoms with Crippen molar-refractivity contribution in [2.24, 2.45) is 0 Å². The number of nitrogens with zero attached hydrogens (tertiary/aromatic N) is 3. The summed E-state index contributed by atoms with van der Waals surface area (Å²) in [5.74, 6) is -1.40. The maximum Gasteiger partial charge on any atom is 0.323 e. The molecule has 0 aliphatic rings. The van der Waals surface area contributed by atoms with E-state index in [1.807, 2.05) is 24.3 Å². The van der Waals surface area contributed by atoms with Gasteiger partial charge in [-0.05, 0) is 78.2 Å². The molecular weight excluding hydrogens is 651 g/mol. The van der Waals surface area contributed by atoms with Gasteiger partial charge in [-0.3, -0.25) is 14.4 Å². The summed E-state index contributed by atoms with van der Waals surface area (Å²) >= 11 is 0. The lowest BCUT2D eigenvalue weighted by atomic mass is 10.0. The predicted molar refractivity (Wildman–Crippen MR) is 189 cm³/mol. The molecule has 0 fully saturated rings. The Hall–Kier alpha value is -6.62. The molecule has 0 atom stereocenters. The van der Waals surface area contributed by atoms with Gasteiger partial charge in [0, 0.05) is 34.5 Å². The van der Waals surface area contributed by atoms with Gasteiger partial charge in [-0.25, -0.2) is 4.39 Å². The Morgan fingerprint density at radius 3 is 2.10 bits per heavy atom. The number of nitrogens with one attached hydrogen (secondary N) is 1. The summed E-state index contributed by atoms with van der Waals surface area (Å²) in [4.78, 5) is 43.5. The van der Waals surface area contributed by atoms with E-state index in [0.717, 1.165) is 16.7 Å². The van der Waals surface area contributed by atoms with Crippen LogP contribution in [-0.2, 0) is 22.6 Å². The molecule has 0 aliphatic carbocycles. The third kappa shape index (κ3) is 8.52. The van der Waals surface area contributed by atoms with Crippen molar-refractivity contribution in [3.8, 4) is 39.7 Å². The second-order valence-corrected chi connectivity index (χ2v) is 11.9. The van der Waals surface area contributed by atoms with Crippen LogP contribution in [0.4, 0.5) is 10.1 Å². The molecule has 0 radical (unpaired) electrons. The van der Waals surface area contributed by atoms with Crippen LogP contribution in [0.15, 0.2) is 120 Å². The second kappa shape index (κ2) is 15.3. The smallest absolute Gasteiger partial charge is 0.323 e. The topological polar surface area (TPSA) is 135 Å². The van der Waals surface area contributed by atoms with Crippen LogP contribution in [0.25, 0.3) is 34.0 Å². The van der Waals surface area contributed by atoms with Crippen LogP contribution in [0.5, 0.6) is 5.75 Å². The van der Waals surface area contributed by atoms with Gasteiger partial charge in [0.05, 0.1) is 13.5 Å². The van der Waals surface area contributed by atoms with Crippen molar-refractivity contribution in [1.82, 2.24) is 15.0 Å². The van der Waals surface area contributed by atoms with E-state index < -0.39 is 30.1 Å². The van der Waals surface area contributed by atoms with E-state index in [1.54, 1.807) is 36.4 Å². The fourth-order valence-electron chi connectivity index (χ4n) is 5.49. The van der Waals surface area contributed by atoms with Crippen LogP contribution in [0.1, 0.15) is 27.0 Å². The molecule has 2 N–H and O–H groups in total. The highest BCUT2D eigenvalue weighted by molar-refractivity contribution is 5.97. The number of methoxy groups -OCH3 is 1. The summed E-state index contributed by atoms with van der Waals surface area (Å²) in [6.45, 7) is 1.56. The number of ether oxygens (including phenoxy) is 1. The molecular formula is C40H33FN4O6. The zero-order valence-corrected chi connectivity index (χ0v) is 27.8. The van der Waals surface area contributed by atoms with E-state index in [0.29, 0.717) is 39.8 Å². The van der Waals surface area contributed by atoms with E-state index in [-0.39, 0.29) is 18.5 Å². The number of amides is 2. The summed E-state index contributed by atoms with van der Waals surface area (Å²) in [6.07, 6.45) is -0.122. The molecule has 0 saturated heterocycles. The number of hydrogen-bond acceptors (Lipinski definition) is 7. The second-order valence-electron chi connectivity index (χ2n) is 11.9. The number of aryl methyl sites for hydroxylation is 1. The number of carboxylic acid groups (broad SMARTS) is 1. The maximum absolute atomic E-state index is 13.7. The van der Waals surface area contributed by atoms with Crippen molar-refractivity contribution in [3.05, 3.63) is 143 Å². The molecule has 0 bridgehead atoms. The number of aliphatic carboxylic acids is 1. The van der Waals surface area contributed by atoms with Crippen LogP contribution < -0.4 is 10.1 Å². The van der Waals surface area contributed by atoms with Crippen molar-refractivity contribution in [1.29, 1.82) is 0 Å². The number of benzene rings is 5. The van der Waals surface area contributed by atoms with Gasteiger partial charge in [0.2, 0.25) is 11.7 Å². The van der Waals surface area contributed by atoms with E-state index in [4.69, 9.17) is 9.26 Å². The molecule has 1 heterocycles. The van der Waals surface area contributed by atoms with Crippen molar-refractivity contribution in [2.75, 3.05) is 19.0 Å². The van der Waals surface area contributed by atoms with Gasteiger partial charge in [0.25, 0.3) is 11.8 Å². The Balaban J connectivity index is 1.09. The Labute approximate surface area is 293 Å². The molecule has 256 valence electrons. The standard InChI is InChI=1S/C40H33FN4O6/c1-25-3-7-27(8-4-25)28-11-13-30(14-12-28)39-43-38(44-51-39)29-9-5-26(6-10-29)23-45(24-37(47)48)40(49)31-15-18-34(19-16-31)42-36(46)22-32-21-33(41)17-20-35(32)50-2/h3-21H,22-24H2,1-2H3,(H,42,46)(H,47,48). The third-order valence-electron chi connectivity index (χ3n) is 8.15. The number of anilines is 1. The van der Waals surface area contributed by atoms with Crippen molar-refractivity contribution >= 4 is 23.5 Å². The zero-order chi connectivity index (χ0) is 35.9. The van der Waals surface area contributed by atoms with E-state index in [2.05, 4.69) is 46.6 Å².